The minimum absolute atomic E-state index is 0.185. The van der Waals surface area contributed by atoms with Crippen molar-refractivity contribution in [3.05, 3.63) is 71.9 Å². The van der Waals surface area contributed by atoms with Crippen molar-refractivity contribution in [2.24, 2.45) is 0 Å². The number of rotatable bonds is 5. The van der Waals surface area contributed by atoms with Crippen LogP contribution in [-0.4, -0.2) is 26.4 Å². The first-order valence-electron chi connectivity index (χ1n) is 9.81. The first-order chi connectivity index (χ1) is 12.7. The summed E-state index contributed by atoms with van der Waals surface area (Å²) in [4.78, 5) is 0. The van der Waals surface area contributed by atoms with Gasteiger partial charge in [-0.2, -0.15) is 0 Å². The first-order valence-corrected chi connectivity index (χ1v) is 12.3. The van der Waals surface area contributed by atoms with Crippen LogP contribution in [0, 0.1) is 0 Å². The van der Waals surface area contributed by atoms with Crippen LogP contribution >= 0.6 is 0 Å². The fourth-order valence-electron chi connectivity index (χ4n) is 3.70. The van der Waals surface area contributed by atoms with Gasteiger partial charge in [0, 0.05) is 6.32 Å². The average molecular weight is 378 g/mol. The van der Waals surface area contributed by atoms with Gasteiger partial charge in [-0.3, -0.25) is 0 Å². The molecule has 142 valence electrons. The highest BCUT2D eigenvalue weighted by Crippen LogP contribution is 2.38. The summed E-state index contributed by atoms with van der Waals surface area (Å²) in [6.45, 7) is 13.1. The molecule has 27 heavy (non-hydrogen) atoms. The molecule has 1 saturated heterocycles. The van der Waals surface area contributed by atoms with Crippen LogP contribution in [0.15, 0.2) is 71.9 Å². The number of hydrogen-bond donors (Lipinski definition) is 0. The summed E-state index contributed by atoms with van der Waals surface area (Å²) in [6, 6.07) is 21.8. The Morgan fingerprint density at radius 3 is 1.67 bits per heavy atom. The predicted octanol–water partition coefficient (Wildman–Crippen LogP) is 4.46. The summed E-state index contributed by atoms with van der Waals surface area (Å²) in [5.41, 5.74) is -0.558. The molecule has 2 aromatic rings. The van der Waals surface area contributed by atoms with Crippen molar-refractivity contribution in [1.29, 1.82) is 0 Å². The minimum Gasteiger partial charge on any atom is -0.403 e. The molecule has 1 aliphatic heterocycles. The Bertz CT molecular complexity index is 744. The zero-order valence-corrected chi connectivity index (χ0v) is 18.5. The van der Waals surface area contributed by atoms with E-state index in [2.05, 4.69) is 108 Å². The molecule has 1 aliphatic rings. The van der Waals surface area contributed by atoms with E-state index in [-0.39, 0.29) is 18.3 Å². The van der Waals surface area contributed by atoms with Crippen LogP contribution in [0.2, 0.25) is 12.9 Å². The summed E-state index contributed by atoms with van der Waals surface area (Å²) in [5, 5.41) is 4.30. The van der Waals surface area contributed by atoms with Gasteiger partial charge in [-0.15, -0.1) is 0 Å². The van der Waals surface area contributed by atoms with Crippen molar-refractivity contribution in [3.8, 4) is 0 Å². The Hall–Kier alpha value is -1.62. The molecule has 1 fully saturated rings. The van der Waals surface area contributed by atoms with Crippen LogP contribution in [0.3, 0.4) is 0 Å². The van der Waals surface area contributed by atoms with E-state index in [1.54, 1.807) is 0 Å². The van der Waals surface area contributed by atoms with Crippen molar-refractivity contribution < 1.29 is 9.31 Å². The highest BCUT2D eigenvalue weighted by atomic mass is 28.3. The fourth-order valence-corrected chi connectivity index (χ4v) is 7.19. The molecule has 4 heteroatoms. The molecule has 0 aromatic heterocycles. The summed E-state index contributed by atoms with van der Waals surface area (Å²) in [7, 11) is -2.18. The van der Waals surface area contributed by atoms with Gasteiger partial charge in [-0.1, -0.05) is 78.5 Å². The molecule has 0 unspecified atom stereocenters. The Balaban J connectivity index is 1.91. The van der Waals surface area contributed by atoms with Crippen LogP contribution in [0.4, 0.5) is 0 Å². The molecule has 2 nitrogen and oxygen atoms in total. The Morgan fingerprint density at radius 2 is 1.26 bits per heavy atom. The topological polar surface area (TPSA) is 18.5 Å². The van der Waals surface area contributed by atoms with E-state index >= 15 is 0 Å². The monoisotopic (exact) mass is 378 g/mol. The second-order valence-electron chi connectivity index (χ2n) is 8.67. The molecule has 0 bridgehead atoms. The van der Waals surface area contributed by atoms with Crippen LogP contribution in [0.1, 0.15) is 34.6 Å². The lowest BCUT2D eigenvalue weighted by molar-refractivity contribution is 0.00578. The highest BCUT2D eigenvalue weighted by molar-refractivity contribution is 7.06. The van der Waals surface area contributed by atoms with Crippen molar-refractivity contribution >= 4 is 25.6 Å². The van der Waals surface area contributed by atoms with Gasteiger partial charge in [0.1, 0.15) is 8.07 Å². The Kier molecular flexibility index (Phi) is 5.53. The second-order valence-corrected chi connectivity index (χ2v) is 12.9. The predicted molar refractivity (Wildman–Crippen MR) is 118 cm³/mol. The molecule has 3 rings (SSSR count). The van der Waals surface area contributed by atoms with Gasteiger partial charge in [-0.25, -0.2) is 0 Å². The van der Waals surface area contributed by atoms with E-state index in [9.17, 15) is 0 Å². The molecule has 0 aliphatic carbocycles. The maximum atomic E-state index is 6.19. The van der Waals surface area contributed by atoms with Gasteiger partial charge >= 0.3 is 7.12 Å². The molecular formula is C23H31BO2Si. The molecular weight excluding hydrogens is 347 g/mol. The molecule has 0 atom stereocenters. The van der Waals surface area contributed by atoms with Gasteiger partial charge in [0.15, 0.2) is 0 Å². The quantitative estimate of drug-likeness (QED) is 0.716. The van der Waals surface area contributed by atoms with E-state index in [0.29, 0.717) is 0 Å². The van der Waals surface area contributed by atoms with Gasteiger partial charge < -0.3 is 9.31 Å². The first kappa shape index (κ1) is 20.1. The fraction of sp³-hybridized carbons (Fsp3) is 0.391. The summed E-state index contributed by atoms with van der Waals surface area (Å²) < 4.78 is 12.4. The SMILES string of the molecule is C/C(=C/CB1OC(C)(C)C(C)(C)O1)[Si](C)(c1ccccc1)c1ccccc1. The van der Waals surface area contributed by atoms with Crippen LogP contribution < -0.4 is 10.4 Å². The van der Waals surface area contributed by atoms with Gasteiger partial charge in [0.25, 0.3) is 0 Å². The van der Waals surface area contributed by atoms with E-state index in [0.717, 1.165) is 6.32 Å². The highest BCUT2D eigenvalue weighted by Gasteiger charge is 2.50. The lowest BCUT2D eigenvalue weighted by atomic mass is 9.85. The van der Waals surface area contributed by atoms with E-state index in [4.69, 9.17) is 9.31 Å². The smallest absolute Gasteiger partial charge is 0.403 e. The molecule has 2 aromatic carbocycles. The summed E-state index contributed by atoms with van der Waals surface area (Å²) in [5.74, 6) is 0. The van der Waals surface area contributed by atoms with Gasteiger partial charge in [0.05, 0.1) is 11.2 Å². The Morgan fingerprint density at radius 1 is 0.852 bits per heavy atom. The molecule has 0 spiro atoms. The zero-order chi connectivity index (χ0) is 19.7. The number of allylic oxidation sites excluding steroid dienone is 2. The van der Waals surface area contributed by atoms with Crippen LogP contribution in [-0.2, 0) is 9.31 Å². The van der Waals surface area contributed by atoms with Crippen LogP contribution in [0.5, 0.6) is 0 Å². The molecule has 0 radical (unpaired) electrons. The molecule has 0 amide bonds. The molecule has 0 N–H and O–H groups in total. The minimum atomic E-state index is -2.00. The third-order valence-corrected chi connectivity index (χ3v) is 11.2. The number of benzene rings is 2. The largest absolute Gasteiger partial charge is 0.461 e. The molecule has 1 heterocycles. The van der Waals surface area contributed by atoms with Crippen LogP contribution in [0.25, 0.3) is 0 Å². The van der Waals surface area contributed by atoms with Crippen molar-refractivity contribution in [1.82, 2.24) is 0 Å². The maximum absolute atomic E-state index is 6.19. The zero-order valence-electron chi connectivity index (χ0n) is 17.5. The van der Waals surface area contributed by atoms with Crippen molar-refractivity contribution in [2.45, 2.75) is 58.7 Å². The average Bonchev–Trinajstić information content (AvgIpc) is 2.87. The van der Waals surface area contributed by atoms with Crippen molar-refractivity contribution in [2.75, 3.05) is 0 Å². The summed E-state index contributed by atoms with van der Waals surface area (Å²) >= 11 is 0. The van der Waals surface area contributed by atoms with Gasteiger partial charge in [-0.05, 0) is 45.0 Å². The third-order valence-electron chi connectivity index (χ3n) is 6.41. The third kappa shape index (κ3) is 3.84. The molecule has 0 saturated carbocycles. The Labute approximate surface area is 165 Å². The lowest BCUT2D eigenvalue weighted by Crippen LogP contribution is -2.57. The normalized spacial score (nSPS) is 19.3. The van der Waals surface area contributed by atoms with Crippen molar-refractivity contribution in [3.63, 3.8) is 0 Å². The van der Waals surface area contributed by atoms with E-state index < -0.39 is 8.07 Å². The maximum Gasteiger partial charge on any atom is 0.461 e. The van der Waals surface area contributed by atoms with E-state index in [1.807, 2.05) is 0 Å². The summed E-state index contributed by atoms with van der Waals surface area (Å²) in [6.07, 6.45) is 3.12. The lowest BCUT2D eigenvalue weighted by Gasteiger charge is -2.32. The standard InChI is InChI=1S/C23H31BO2Si/c1-19(17-18-24-25-22(2,3)23(4,5)26-24)27(6,20-13-9-7-10-14-20)21-15-11-8-12-16-21/h7-17H,18H2,1-6H3/b19-17-. The second kappa shape index (κ2) is 7.42. The van der Waals surface area contributed by atoms with Gasteiger partial charge in [0.2, 0.25) is 0 Å². The number of hydrogen-bond acceptors (Lipinski definition) is 2. The van der Waals surface area contributed by atoms with E-state index in [1.165, 1.54) is 15.6 Å².